The maximum Gasteiger partial charge on any atom is 0.265 e. The van der Waals surface area contributed by atoms with Gasteiger partial charge >= 0.3 is 0 Å². The van der Waals surface area contributed by atoms with Gasteiger partial charge in [0.15, 0.2) is 0 Å². The van der Waals surface area contributed by atoms with Crippen molar-refractivity contribution in [3.63, 3.8) is 0 Å². The van der Waals surface area contributed by atoms with Crippen LogP contribution in [0.4, 0.5) is 0 Å². The number of rotatable bonds is 8. The van der Waals surface area contributed by atoms with Gasteiger partial charge in [0.2, 0.25) is 0 Å². The molecule has 3 aromatic rings. The molecule has 0 bridgehead atoms. The minimum Gasteiger partial charge on any atom is -0.493 e. The molecule has 5 nitrogen and oxygen atoms in total. The van der Waals surface area contributed by atoms with Gasteiger partial charge in [0.25, 0.3) is 15.9 Å². The quantitative estimate of drug-likeness (QED) is 0.486. The number of carbonyl (C=O) groups excluding carboxylic acids is 1. The van der Waals surface area contributed by atoms with E-state index < -0.39 is 15.9 Å². The van der Waals surface area contributed by atoms with E-state index >= 15 is 0 Å². The van der Waals surface area contributed by atoms with Crippen LogP contribution >= 0.6 is 11.6 Å². The van der Waals surface area contributed by atoms with Crippen molar-refractivity contribution in [3.05, 3.63) is 82.9 Å². The van der Waals surface area contributed by atoms with E-state index in [0.717, 1.165) is 28.9 Å². The summed E-state index contributed by atoms with van der Waals surface area (Å²) in [5.41, 5.74) is 2.87. The SMILES string of the molecule is CCCOc1ccccc1-c1ccc(C(=O)NS(=O)(=O)c2cccc(Cl)c2)c(CC)c1. The Labute approximate surface area is 188 Å². The van der Waals surface area contributed by atoms with Gasteiger partial charge in [-0.2, -0.15) is 0 Å². The molecule has 0 unspecified atom stereocenters. The average molecular weight is 458 g/mol. The monoisotopic (exact) mass is 457 g/mol. The zero-order valence-corrected chi connectivity index (χ0v) is 19.0. The predicted octanol–water partition coefficient (Wildman–Crippen LogP) is 5.48. The summed E-state index contributed by atoms with van der Waals surface area (Å²) in [6, 6.07) is 18.8. The molecule has 0 spiro atoms. The lowest BCUT2D eigenvalue weighted by atomic mass is 9.97. The van der Waals surface area contributed by atoms with E-state index in [-0.39, 0.29) is 9.92 Å². The molecule has 0 atom stereocenters. The van der Waals surface area contributed by atoms with Crippen molar-refractivity contribution in [3.8, 4) is 16.9 Å². The van der Waals surface area contributed by atoms with Crippen LogP contribution in [0.2, 0.25) is 5.02 Å². The first-order valence-corrected chi connectivity index (χ1v) is 11.9. The zero-order chi connectivity index (χ0) is 22.4. The Kier molecular flexibility index (Phi) is 7.36. The number of halogens is 1. The average Bonchev–Trinajstić information content (AvgIpc) is 2.77. The largest absolute Gasteiger partial charge is 0.493 e. The summed E-state index contributed by atoms with van der Waals surface area (Å²) in [5, 5.41) is 0.276. The Hall–Kier alpha value is -2.83. The van der Waals surface area contributed by atoms with Crippen LogP contribution in [0.1, 0.15) is 36.2 Å². The molecule has 7 heteroatoms. The van der Waals surface area contributed by atoms with Crippen molar-refractivity contribution in [2.45, 2.75) is 31.6 Å². The number of ether oxygens (including phenoxy) is 1. The van der Waals surface area contributed by atoms with Gasteiger partial charge in [0, 0.05) is 16.1 Å². The van der Waals surface area contributed by atoms with Gasteiger partial charge in [-0.15, -0.1) is 0 Å². The summed E-state index contributed by atoms with van der Waals surface area (Å²) < 4.78 is 33.2. The van der Waals surface area contributed by atoms with Crippen molar-refractivity contribution in [1.29, 1.82) is 0 Å². The Balaban J connectivity index is 1.91. The summed E-state index contributed by atoms with van der Waals surface area (Å²) in [7, 11) is -4.04. The third-order valence-electron chi connectivity index (χ3n) is 4.72. The zero-order valence-electron chi connectivity index (χ0n) is 17.4. The number of hydrogen-bond donors (Lipinski definition) is 1. The van der Waals surface area contributed by atoms with Gasteiger partial charge < -0.3 is 4.74 Å². The second kappa shape index (κ2) is 9.98. The molecule has 0 aliphatic carbocycles. The molecule has 0 aliphatic heterocycles. The molecule has 1 N–H and O–H groups in total. The molecule has 0 heterocycles. The highest BCUT2D eigenvalue weighted by molar-refractivity contribution is 7.90. The first-order valence-electron chi connectivity index (χ1n) is 10.0. The molecule has 3 rings (SSSR count). The maximum atomic E-state index is 12.8. The smallest absolute Gasteiger partial charge is 0.265 e. The van der Waals surface area contributed by atoms with Crippen LogP contribution in [-0.2, 0) is 16.4 Å². The van der Waals surface area contributed by atoms with Crippen molar-refractivity contribution in [2.75, 3.05) is 6.61 Å². The van der Waals surface area contributed by atoms with Gasteiger partial charge in [-0.25, -0.2) is 13.1 Å². The van der Waals surface area contributed by atoms with Gasteiger partial charge in [-0.3, -0.25) is 4.79 Å². The lowest BCUT2D eigenvalue weighted by molar-refractivity contribution is 0.0980. The standard InChI is InChI=1S/C24H24ClNO4S/c1-3-14-30-23-11-6-5-10-21(23)18-12-13-22(17(4-2)15-18)24(27)26-31(28,29)20-9-7-8-19(25)16-20/h5-13,15-16H,3-4,14H2,1-2H3,(H,26,27). The highest BCUT2D eigenvalue weighted by Crippen LogP contribution is 2.31. The summed E-state index contributed by atoms with van der Waals surface area (Å²) in [5.74, 6) is 0.0889. The van der Waals surface area contributed by atoms with Gasteiger partial charge in [0.05, 0.1) is 11.5 Å². The lowest BCUT2D eigenvalue weighted by Gasteiger charge is -2.14. The van der Waals surface area contributed by atoms with Crippen molar-refractivity contribution in [2.24, 2.45) is 0 Å². The molecule has 1 amide bonds. The van der Waals surface area contributed by atoms with Crippen LogP contribution in [0.25, 0.3) is 11.1 Å². The first kappa shape index (κ1) is 22.8. The van der Waals surface area contributed by atoms with Crippen LogP contribution in [0, 0.1) is 0 Å². The van der Waals surface area contributed by atoms with E-state index in [4.69, 9.17) is 16.3 Å². The summed E-state index contributed by atoms with van der Waals surface area (Å²) in [6.07, 6.45) is 1.46. The summed E-state index contributed by atoms with van der Waals surface area (Å²) in [4.78, 5) is 12.7. The van der Waals surface area contributed by atoms with Crippen LogP contribution in [0.5, 0.6) is 5.75 Å². The van der Waals surface area contributed by atoms with Crippen molar-refractivity contribution in [1.82, 2.24) is 4.72 Å². The van der Waals surface area contributed by atoms with Crippen molar-refractivity contribution < 1.29 is 17.9 Å². The minimum absolute atomic E-state index is 0.0648. The second-order valence-electron chi connectivity index (χ2n) is 6.96. The van der Waals surface area contributed by atoms with Gasteiger partial charge in [-0.1, -0.05) is 61.8 Å². The fourth-order valence-corrected chi connectivity index (χ4v) is 4.46. The van der Waals surface area contributed by atoms with E-state index in [1.165, 1.54) is 18.2 Å². The summed E-state index contributed by atoms with van der Waals surface area (Å²) in [6.45, 7) is 4.57. The normalized spacial score (nSPS) is 11.2. The van der Waals surface area contributed by atoms with E-state index in [9.17, 15) is 13.2 Å². The molecule has 162 valence electrons. The van der Waals surface area contributed by atoms with Gasteiger partial charge in [-0.05, 0) is 54.3 Å². The molecule has 0 saturated carbocycles. The Morgan fingerprint density at radius 3 is 2.48 bits per heavy atom. The number of nitrogens with one attached hydrogen (secondary N) is 1. The number of aryl methyl sites for hydroxylation is 1. The summed E-state index contributed by atoms with van der Waals surface area (Å²) >= 11 is 5.88. The van der Waals surface area contributed by atoms with Crippen LogP contribution in [0.3, 0.4) is 0 Å². The fourth-order valence-electron chi connectivity index (χ4n) is 3.19. The number of carbonyl (C=O) groups is 1. The molecular weight excluding hydrogens is 434 g/mol. The van der Waals surface area contributed by atoms with Crippen LogP contribution in [0.15, 0.2) is 71.6 Å². The molecular formula is C24H24ClNO4S. The highest BCUT2D eigenvalue weighted by Gasteiger charge is 2.21. The lowest BCUT2D eigenvalue weighted by Crippen LogP contribution is -2.31. The van der Waals surface area contributed by atoms with E-state index in [1.807, 2.05) is 44.2 Å². The Bertz CT molecular complexity index is 1190. The molecule has 3 aromatic carbocycles. The first-order chi connectivity index (χ1) is 14.9. The minimum atomic E-state index is -4.04. The third kappa shape index (κ3) is 5.46. The molecule has 0 saturated heterocycles. The maximum absolute atomic E-state index is 12.8. The number of amides is 1. The van der Waals surface area contributed by atoms with Crippen LogP contribution in [-0.4, -0.2) is 20.9 Å². The number of hydrogen-bond acceptors (Lipinski definition) is 4. The molecule has 0 radical (unpaired) electrons. The Morgan fingerprint density at radius 2 is 1.77 bits per heavy atom. The Morgan fingerprint density at radius 1 is 1.00 bits per heavy atom. The van der Waals surface area contributed by atoms with E-state index in [1.54, 1.807) is 18.2 Å². The number of benzene rings is 3. The second-order valence-corrected chi connectivity index (χ2v) is 9.08. The third-order valence-corrected chi connectivity index (χ3v) is 6.29. The van der Waals surface area contributed by atoms with Gasteiger partial charge in [0.1, 0.15) is 5.75 Å². The van der Waals surface area contributed by atoms with Crippen LogP contribution < -0.4 is 9.46 Å². The fraction of sp³-hybridized carbons (Fsp3) is 0.208. The molecule has 0 aliphatic rings. The highest BCUT2D eigenvalue weighted by atomic mass is 35.5. The van der Waals surface area contributed by atoms with E-state index in [2.05, 4.69) is 4.72 Å². The topological polar surface area (TPSA) is 72.5 Å². The molecule has 0 fully saturated rings. The molecule has 0 aromatic heterocycles. The number of para-hydroxylation sites is 1. The van der Waals surface area contributed by atoms with Crippen molar-refractivity contribution >= 4 is 27.5 Å². The van der Waals surface area contributed by atoms with E-state index in [0.29, 0.717) is 18.6 Å². The number of sulfonamides is 1. The molecule has 31 heavy (non-hydrogen) atoms. The predicted molar refractivity (Wildman–Crippen MR) is 123 cm³/mol.